The molecule has 2 heteroatoms. The van der Waals surface area contributed by atoms with Crippen LogP contribution in [0, 0.1) is 0 Å². The van der Waals surface area contributed by atoms with Crippen LogP contribution in [0.1, 0.15) is 29.7 Å². The van der Waals surface area contributed by atoms with Gasteiger partial charge in [-0.25, -0.2) is 0 Å². The molecular weight excluding hydrogens is 400 g/mol. The molecule has 2 aliphatic rings. The van der Waals surface area contributed by atoms with Crippen LogP contribution in [-0.2, 0) is 6.42 Å². The number of para-hydroxylation sites is 2. The normalized spacial score (nSPS) is 14.8. The highest BCUT2D eigenvalue weighted by Crippen LogP contribution is 2.31. The van der Waals surface area contributed by atoms with Crippen molar-refractivity contribution in [2.45, 2.75) is 19.3 Å². The minimum absolute atomic E-state index is 0.921. The van der Waals surface area contributed by atoms with Crippen molar-refractivity contribution in [3.8, 4) is 5.69 Å². The second-order valence-electron chi connectivity index (χ2n) is 8.95. The van der Waals surface area contributed by atoms with E-state index < -0.39 is 0 Å². The lowest BCUT2D eigenvalue weighted by Gasteiger charge is -2.08. The lowest BCUT2D eigenvalue weighted by Crippen LogP contribution is -2.28. The molecule has 0 saturated heterocycles. The molecule has 2 aromatic heterocycles. The van der Waals surface area contributed by atoms with E-state index >= 15 is 0 Å². The predicted octanol–water partition coefficient (Wildman–Crippen LogP) is 6.12. The molecule has 0 spiro atoms. The van der Waals surface area contributed by atoms with E-state index in [0.29, 0.717) is 0 Å². The number of aromatic nitrogens is 2. The quantitative estimate of drug-likeness (QED) is 0.352. The van der Waals surface area contributed by atoms with Gasteiger partial charge in [0.25, 0.3) is 0 Å². The fourth-order valence-electron chi connectivity index (χ4n) is 5.47. The van der Waals surface area contributed by atoms with Crippen molar-refractivity contribution in [2.24, 2.45) is 0 Å². The number of H-pyrrole nitrogens is 1. The molecule has 2 heterocycles. The Hall–Kier alpha value is -4.04. The zero-order valence-corrected chi connectivity index (χ0v) is 18.4. The van der Waals surface area contributed by atoms with Gasteiger partial charge in [0, 0.05) is 38.5 Å². The average molecular weight is 425 g/mol. The van der Waals surface area contributed by atoms with Gasteiger partial charge in [0.2, 0.25) is 0 Å². The second kappa shape index (κ2) is 7.25. The summed E-state index contributed by atoms with van der Waals surface area (Å²) in [6, 6.07) is 26.3. The molecule has 0 saturated carbocycles. The summed E-state index contributed by atoms with van der Waals surface area (Å²) < 4.78 is 2.40. The van der Waals surface area contributed by atoms with Crippen molar-refractivity contribution < 1.29 is 0 Å². The summed E-state index contributed by atoms with van der Waals surface area (Å²) in [5.41, 5.74) is 8.95. The van der Waals surface area contributed by atoms with Crippen molar-refractivity contribution in [3.05, 3.63) is 112 Å². The molecule has 7 rings (SSSR count). The second-order valence-corrected chi connectivity index (χ2v) is 8.95. The largest absolute Gasteiger partial charge is 0.358 e. The van der Waals surface area contributed by atoms with Gasteiger partial charge in [-0.05, 0) is 66.8 Å². The van der Waals surface area contributed by atoms with E-state index in [1.165, 1.54) is 60.5 Å². The lowest BCUT2D eigenvalue weighted by molar-refractivity contribution is 0.951. The van der Waals surface area contributed by atoms with Crippen LogP contribution in [0.4, 0.5) is 0 Å². The summed E-state index contributed by atoms with van der Waals surface area (Å²) in [7, 11) is 0. The smallest absolute Gasteiger partial charge is 0.0544 e. The monoisotopic (exact) mass is 424 g/mol. The minimum Gasteiger partial charge on any atom is -0.358 e. The molecule has 5 aromatic rings. The fourth-order valence-corrected chi connectivity index (χ4v) is 5.47. The highest BCUT2D eigenvalue weighted by atomic mass is 15.0. The molecule has 2 nitrogen and oxygen atoms in total. The van der Waals surface area contributed by atoms with Crippen molar-refractivity contribution in [3.63, 3.8) is 0 Å². The van der Waals surface area contributed by atoms with Crippen LogP contribution in [0.3, 0.4) is 0 Å². The number of nitrogens with zero attached hydrogens (tertiary/aromatic N) is 1. The van der Waals surface area contributed by atoms with Crippen molar-refractivity contribution in [1.82, 2.24) is 9.55 Å². The Labute approximate surface area is 192 Å². The van der Waals surface area contributed by atoms with E-state index in [-0.39, 0.29) is 0 Å². The van der Waals surface area contributed by atoms with Crippen molar-refractivity contribution >= 4 is 45.6 Å². The fraction of sp³-hybridized carbons (Fsp3) is 0.0968. The number of rotatable bonds is 2. The molecule has 1 N–H and O–H groups in total. The van der Waals surface area contributed by atoms with Crippen LogP contribution >= 0.6 is 0 Å². The van der Waals surface area contributed by atoms with Gasteiger partial charge in [-0.3, -0.25) is 0 Å². The van der Waals surface area contributed by atoms with Crippen LogP contribution in [0.25, 0.3) is 51.3 Å². The molecule has 3 aromatic carbocycles. The molecule has 0 unspecified atom stereocenters. The Kier molecular flexibility index (Phi) is 4.07. The lowest BCUT2D eigenvalue weighted by atomic mass is 9.98. The van der Waals surface area contributed by atoms with E-state index in [2.05, 4.69) is 113 Å². The van der Waals surface area contributed by atoms with Gasteiger partial charge in [0.15, 0.2) is 0 Å². The van der Waals surface area contributed by atoms with Crippen molar-refractivity contribution in [2.75, 3.05) is 0 Å². The third-order valence-corrected chi connectivity index (χ3v) is 7.02. The predicted molar refractivity (Wildman–Crippen MR) is 140 cm³/mol. The van der Waals surface area contributed by atoms with Crippen LogP contribution in [0.15, 0.2) is 84.9 Å². The molecule has 0 amide bonds. The van der Waals surface area contributed by atoms with Gasteiger partial charge in [-0.15, -0.1) is 0 Å². The topological polar surface area (TPSA) is 20.7 Å². The van der Waals surface area contributed by atoms with E-state index in [1.807, 2.05) is 0 Å². The summed E-state index contributed by atoms with van der Waals surface area (Å²) in [5.74, 6) is 0. The number of benzene rings is 3. The first-order valence-corrected chi connectivity index (χ1v) is 11.8. The highest BCUT2D eigenvalue weighted by Gasteiger charge is 2.15. The zero-order chi connectivity index (χ0) is 21.8. The van der Waals surface area contributed by atoms with Crippen LogP contribution < -0.4 is 10.6 Å². The summed E-state index contributed by atoms with van der Waals surface area (Å²) in [6.07, 6.45) is 14.8. The van der Waals surface area contributed by atoms with Gasteiger partial charge in [0.05, 0.1) is 10.9 Å². The van der Waals surface area contributed by atoms with E-state index in [4.69, 9.17) is 0 Å². The number of fused-ring (bicyclic) bond motifs is 6. The maximum absolute atomic E-state index is 3.63. The third kappa shape index (κ3) is 2.87. The van der Waals surface area contributed by atoms with Crippen LogP contribution in [0.2, 0.25) is 0 Å². The standard InChI is InChI=1S/C31H24N2/c1-2-10-23(11-3-1)33-30-16-7-5-13-25(30)26-14-8-9-21(20-31(26)33)22-17-18-29-27(19-22)24-12-4-6-15-28(24)32-29/h1-5,7,9-14,16-20,32H,6,8,15H2. The molecule has 0 bridgehead atoms. The van der Waals surface area contributed by atoms with E-state index in [0.717, 1.165) is 19.3 Å². The number of allylic oxidation sites excluding steroid dienone is 3. The molecule has 33 heavy (non-hydrogen) atoms. The number of aromatic amines is 1. The Bertz CT molecular complexity index is 1720. The number of hydrogen-bond acceptors (Lipinski definition) is 0. The molecule has 0 aliphatic heterocycles. The summed E-state index contributed by atoms with van der Waals surface area (Å²) >= 11 is 0. The van der Waals surface area contributed by atoms with Crippen LogP contribution in [-0.4, -0.2) is 9.55 Å². The first-order valence-electron chi connectivity index (χ1n) is 11.8. The minimum atomic E-state index is 0.921. The van der Waals surface area contributed by atoms with Gasteiger partial charge in [-0.1, -0.05) is 66.8 Å². The Morgan fingerprint density at radius 3 is 2.64 bits per heavy atom. The molecule has 0 atom stereocenters. The van der Waals surface area contributed by atoms with Gasteiger partial charge >= 0.3 is 0 Å². The summed E-state index contributed by atoms with van der Waals surface area (Å²) in [5, 5.41) is 5.21. The summed E-state index contributed by atoms with van der Waals surface area (Å²) in [4.78, 5) is 3.63. The first-order chi connectivity index (χ1) is 16.4. The average Bonchev–Trinajstić information content (AvgIpc) is 3.30. The summed E-state index contributed by atoms with van der Waals surface area (Å²) in [6.45, 7) is 0. The molecular formula is C31H24N2. The van der Waals surface area contributed by atoms with Gasteiger partial charge < -0.3 is 9.55 Å². The van der Waals surface area contributed by atoms with E-state index in [1.54, 1.807) is 0 Å². The maximum Gasteiger partial charge on any atom is 0.0544 e. The van der Waals surface area contributed by atoms with Crippen LogP contribution in [0.5, 0.6) is 0 Å². The Balaban J connectivity index is 1.48. The van der Waals surface area contributed by atoms with E-state index in [9.17, 15) is 0 Å². The SMILES string of the molecule is C1=Cc2c([nH]c3ccc(C4=CCC=c5c(n(-c6ccccc6)c6ccccc56)=C4)cc23)CC1. The first kappa shape index (κ1) is 18.5. The molecule has 2 aliphatic carbocycles. The number of hydrogen-bond donors (Lipinski definition) is 1. The molecule has 0 fully saturated rings. The molecule has 0 radical (unpaired) electrons. The van der Waals surface area contributed by atoms with Crippen molar-refractivity contribution in [1.29, 1.82) is 0 Å². The Morgan fingerprint density at radius 1 is 0.818 bits per heavy atom. The molecule has 158 valence electrons. The Morgan fingerprint density at radius 2 is 1.70 bits per heavy atom. The van der Waals surface area contributed by atoms with Gasteiger partial charge in [0.1, 0.15) is 0 Å². The maximum atomic E-state index is 3.63. The number of nitrogens with one attached hydrogen (secondary N) is 1. The van der Waals surface area contributed by atoms with Gasteiger partial charge in [-0.2, -0.15) is 0 Å². The zero-order valence-electron chi connectivity index (χ0n) is 18.4. The number of aryl methyl sites for hydroxylation is 1. The third-order valence-electron chi connectivity index (χ3n) is 7.02. The highest BCUT2D eigenvalue weighted by molar-refractivity contribution is 5.98.